The first-order chi connectivity index (χ1) is 8.97. The predicted octanol–water partition coefficient (Wildman–Crippen LogP) is 0.0737. The Morgan fingerprint density at radius 2 is 2.21 bits per heavy atom. The number of piperidine rings is 1. The largest absolute Gasteiger partial charge is 0.379 e. The molecule has 0 aliphatic carbocycles. The lowest BCUT2D eigenvalue weighted by molar-refractivity contribution is 0.176. The molecule has 6 nitrogen and oxygen atoms in total. The van der Waals surface area contributed by atoms with Gasteiger partial charge in [-0.1, -0.05) is 6.42 Å². The van der Waals surface area contributed by atoms with Crippen LogP contribution in [-0.2, 0) is 14.9 Å². The maximum atomic E-state index is 12.6. The minimum absolute atomic E-state index is 0.0576. The van der Waals surface area contributed by atoms with E-state index in [0.717, 1.165) is 25.7 Å². The number of hydrogen-bond donors (Lipinski definition) is 2. The lowest BCUT2D eigenvalue weighted by Crippen LogP contribution is -2.57. The monoisotopic (exact) mass is 291 g/mol. The van der Waals surface area contributed by atoms with Crippen molar-refractivity contribution < 1.29 is 13.2 Å². The second-order valence-electron chi connectivity index (χ2n) is 5.79. The smallest absolute Gasteiger partial charge is 0.280 e. The molecule has 2 aliphatic rings. The third kappa shape index (κ3) is 3.66. The van der Waals surface area contributed by atoms with Crippen molar-refractivity contribution in [3.8, 4) is 0 Å². The summed E-state index contributed by atoms with van der Waals surface area (Å²) in [6.07, 6.45) is 3.69. The molecule has 0 aromatic carbocycles. The average Bonchev–Trinajstić information content (AvgIpc) is 2.76. The minimum atomic E-state index is -3.43. The van der Waals surface area contributed by atoms with Gasteiger partial charge in [-0.3, -0.25) is 0 Å². The van der Waals surface area contributed by atoms with E-state index in [4.69, 9.17) is 4.74 Å². The summed E-state index contributed by atoms with van der Waals surface area (Å²) in [6, 6.07) is 0.0576. The van der Waals surface area contributed by atoms with Gasteiger partial charge in [-0.05, 0) is 33.2 Å². The maximum absolute atomic E-state index is 12.6. The van der Waals surface area contributed by atoms with Gasteiger partial charge >= 0.3 is 0 Å². The van der Waals surface area contributed by atoms with Crippen molar-refractivity contribution in [3.63, 3.8) is 0 Å². The van der Waals surface area contributed by atoms with Crippen molar-refractivity contribution in [1.29, 1.82) is 0 Å². The van der Waals surface area contributed by atoms with Crippen LogP contribution in [0.1, 0.15) is 32.6 Å². The van der Waals surface area contributed by atoms with Crippen LogP contribution in [0.2, 0.25) is 0 Å². The first-order valence-corrected chi connectivity index (χ1v) is 8.44. The van der Waals surface area contributed by atoms with Crippen LogP contribution in [0.4, 0.5) is 0 Å². The third-order valence-electron chi connectivity index (χ3n) is 3.92. The van der Waals surface area contributed by atoms with Crippen molar-refractivity contribution in [1.82, 2.24) is 14.3 Å². The van der Waals surface area contributed by atoms with Crippen LogP contribution >= 0.6 is 0 Å². The van der Waals surface area contributed by atoms with Gasteiger partial charge in [0, 0.05) is 25.7 Å². The van der Waals surface area contributed by atoms with E-state index >= 15 is 0 Å². The predicted molar refractivity (Wildman–Crippen MR) is 74.2 cm³/mol. The Balaban J connectivity index is 2.08. The molecule has 0 radical (unpaired) electrons. The molecule has 2 atom stereocenters. The zero-order valence-electron chi connectivity index (χ0n) is 11.8. The van der Waals surface area contributed by atoms with E-state index in [1.54, 1.807) is 4.31 Å². The molecular formula is C12H25N3O3S. The van der Waals surface area contributed by atoms with E-state index in [1.165, 1.54) is 0 Å². The van der Waals surface area contributed by atoms with Gasteiger partial charge in [-0.25, -0.2) is 0 Å². The van der Waals surface area contributed by atoms with Crippen molar-refractivity contribution in [2.45, 2.75) is 44.2 Å². The molecule has 2 unspecified atom stereocenters. The van der Waals surface area contributed by atoms with Gasteiger partial charge < -0.3 is 10.1 Å². The molecule has 2 fully saturated rings. The second-order valence-corrected chi connectivity index (χ2v) is 7.41. The van der Waals surface area contributed by atoms with Crippen LogP contribution in [-0.4, -0.2) is 57.7 Å². The molecule has 0 spiro atoms. The molecule has 0 aromatic heterocycles. The van der Waals surface area contributed by atoms with Crippen LogP contribution < -0.4 is 10.0 Å². The quantitative estimate of drug-likeness (QED) is 0.752. The van der Waals surface area contributed by atoms with Crippen LogP contribution in [0.5, 0.6) is 0 Å². The van der Waals surface area contributed by atoms with Gasteiger partial charge in [0.15, 0.2) is 0 Å². The number of nitrogens with zero attached hydrogens (tertiary/aromatic N) is 1. The third-order valence-corrected chi connectivity index (χ3v) is 5.76. The molecule has 19 heavy (non-hydrogen) atoms. The Hall–Kier alpha value is -0.210. The topological polar surface area (TPSA) is 70.7 Å². The summed E-state index contributed by atoms with van der Waals surface area (Å²) < 4.78 is 34.9. The molecule has 7 heteroatoms. The summed E-state index contributed by atoms with van der Waals surface area (Å²) in [5.74, 6) is 0. The average molecular weight is 291 g/mol. The fourth-order valence-electron chi connectivity index (χ4n) is 2.85. The fraction of sp³-hybridized carbons (Fsp3) is 1.00. The van der Waals surface area contributed by atoms with Gasteiger partial charge in [-0.15, -0.1) is 0 Å². The van der Waals surface area contributed by atoms with E-state index in [1.807, 2.05) is 14.0 Å². The summed E-state index contributed by atoms with van der Waals surface area (Å²) in [4.78, 5) is 0. The zero-order chi connectivity index (χ0) is 13.9. The van der Waals surface area contributed by atoms with Crippen molar-refractivity contribution in [3.05, 3.63) is 0 Å². The van der Waals surface area contributed by atoms with E-state index < -0.39 is 15.7 Å². The Morgan fingerprint density at radius 1 is 1.42 bits per heavy atom. The van der Waals surface area contributed by atoms with Crippen molar-refractivity contribution in [2.24, 2.45) is 0 Å². The van der Waals surface area contributed by atoms with Gasteiger partial charge in [0.1, 0.15) is 0 Å². The first-order valence-electron chi connectivity index (χ1n) is 7.00. The SMILES string of the molecule is CNCC1CCCCN1S(=O)(=O)NC1(C)CCOC1. The lowest BCUT2D eigenvalue weighted by Gasteiger charge is -2.37. The molecule has 0 saturated carbocycles. The molecule has 2 saturated heterocycles. The molecule has 2 rings (SSSR count). The summed E-state index contributed by atoms with van der Waals surface area (Å²) in [5, 5.41) is 3.08. The van der Waals surface area contributed by atoms with Gasteiger partial charge in [-0.2, -0.15) is 17.4 Å². The highest BCUT2D eigenvalue weighted by Gasteiger charge is 2.39. The van der Waals surface area contributed by atoms with E-state index in [2.05, 4.69) is 10.0 Å². The zero-order valence-corrected chi connectivity index (χ0v) is 12.6. The first kappa shape index (κ1) is 15.2. The van der Waals surface area contributed by atoms with Crippen LogP contribution in [0.25, 0.3) is 0 Å². The Bertz CT molecular complexity index is 391. The highest BCUT2D eigenvalue weighted by molar-refractivity contribution is 7.87. The van der Waals surface area contributed by atoms with Crippen LogP contribution in [0.15, 0.2) is 0 Å². The number of hydrogen-bond acceptors (Lipinski definition) is 4. The van der Waals surface area contributed by atoms with Gasteiger partial charge in [0.05, 0.1) is 12.1 Å². The van der Waals surface area contributed by atoms with E-state index in [9.17, 15) is 8.42 Å². The molecular weight excluding hydrogens is 266 g/mol. The molecule has 2 N–H and O–H groups in total. The number of nitrogens with one attached hydrogen (secondary N) is 2. The summed E-state index contributed by atoms with van der Waals surface area (Å²) in [7, 11) is -1.57. The normalized spacial score (nSPS) is 33.7. The molecule has 2 aliphatic heterocycles. The maximum Gasteiger partial charge on any atom is 0.280 e. The van der Waals surface area contributed by atoms with Gasteiger partial charge in [0.2, 0.25) is 0 Å². The Morgan fingerprint density at radius 3 is 2.84 bits per heavy atom. The van der Waals surface area contributed by atoms with E-state index in [-0.39, 0.29) is 6.04 Å². The van der Waals surface area contributed by atoms with Crippen LogP contribution in [0, 0.1) is 0 Å². The number of ether oxygens (including phenoxy) is 1. The van der Waals surface area contributed by atoms with E-state index in [0.29, 0.717) is 26.3 Å². The lowest BCUT2D eigenvalue weighted by atomic mass is 10.0. The number of likely N-dealkylation sites (N-methyl/N-ethyl adjacent to an activating group) is 1. The molecule has 2 heterocycles. The Labute approximate surface area is 116 Å². The highest BCUT2D eigenvalue weighted by atomic mass is 32.2. The standard InChI is InChI=1S/C12H25N3O3S/c1-12(6-8-18-10-12)14-19(16,17)15-7-4-3-5-11(15)9-13-2/h11,13-14H,3-10H2,1-2H3. The summed E-state index contributed by atoms with van der Waals surface area (Å²) in [5.41, 5.74) is -0.458. The molecule has 0 aromatic rings. The second kappa shape index (κ2) is 6.05. The van der Waals surface area contributed by atoms with Gasteiger partial charge in [0.25, 0.3) is 10.2 Å². The van der Waals surface area contributed by atoms with Crippen LogP contribution in [0.3, 0.4) is 0 Å². The summed E-state index contributed by atoms with van der Waals surface area (Å²) in [6.45, 7) is 4.30. The summed E-state index contributed by atoms with van der Waals surface area (Å²) >= 11 is 0. The molecule has 0 amide bonds. The number of rotatable bonds is 5. The highest BCUT2D eigenvalue weighted by Crippen LogP contribution is 2.23. The fourth-order valence-corrected chi connectivity index (χ4v) is 4.69. The molecule has 0 bridgehead atoms. The van der Waals surface area contributed by atoms with Crippen molar-refractivity contribution in [2.75, 3.05) is 33.4 Å². The van der Waals surface area contributed by atoms with Crippen molar-refractivity contribution >= 4 is 10.2 Å². The molecule has 112 valence electrons. The Kier molecular flexibility index (Phi) is 4.84. The minimum Gasteiger partial charge on any atom is -0.379 e.